The Balaban J connectivity index is 2.61. The van der Waals surface area contributed by atoms with E-state index in [1.165, 1.54) is 0 Å². The number of benzene rings is 1. The predicted octanol–water partition coefficient (Wildman–Crippen LogP) is 4.20. The van der Waals surface area contributed by atoms with E-state index in [9.17, 15) is 0 Å². The quantitative estimate of drug-likeness (QED) is 0.856. The molecular weight excluding hydrogens is 292 g/mol. The standard InChI is InChI=1S/C14H19BrN2O/c1-14(2,7-4-8-16)10-17-11-5-6-12(15)13(9-11)18-3/h5-6,9,17H,4,7,10H2,1-3H3. The van der Waals surface area contributed by atoms with Crippen molar-refractivity contribution in [3.8, 4) is 11.8 Å². The Morgan fingerprint density at radius 3 is 2.78 bits per heavy atom. The minimum absolute atomic E-state index is 0.107. The van der Waals surface area contributed by atoms with Crippen molar-refractivity contribution in [2.45, 2.75) is 26.7 Å². The first-order valence-electron chi connectivity index (χ1n) is 5.93. The van der Waals surface area contributed by atoms with Crippen molar-refractivity contribution in [2.75, 3.05) is 19.0 Å². The molecule has 0 aliphatic carbocycles. The van der Waals surface area contributed by atoms with Crippen LogP contribution in [-0.2, 0) is 0 Å². The zero-order valence-electron chi connectivity index (χ0n) is 11.1. The van der Waals surface area contributed by atoms with Crippen molar-refractivity contribution in [2.24, 2.45) is 5.41 Å². The monoisotopic (exact) mass is 310 g/mol. The zero-order valence-corrected chi connectivity index (χ0v) is 12.7. The van der Waals surface area contributed by atoms with Gasteiger partial charge in [-0.3, -0.25) is 0 Å². The Morgan fingerprint density at radius 1 is 1.44 bits per heavy atom. The van der Waals surface area contributed by atoms with Crippen LogP contribution in [0.4, 0.5) is 5.69 Å². The summed E-state index contributed by atoms with van der Waals surface area (Å²) in [6.07, 6.45) is 1.49. The fraction of sp³-hybridized carbons (Fsp3) is 0.500. The molecule has 0 unspecified atom stereocenters. The number of hydrogen-bond acceptors (Lipinski definition) is 3. The van der Waals surface area contributed by atoms with E-state index in [1.807, 2.05) is 18.2 Å². The van der Waals surface area contributed by atoms with Gasteiger partial charge in [-0.05, 0) is 39.9 Å². The maximum Gasteiger partial charge on any atom is 0.135 e. The summed E-state index contributed by atoms with van der Waals surface area (Å²) in [5.74, 6) is 0.815. The molecule has 0 aliphatic heterocycles. The first-order chi connectivity index (χ1) is 8.48. The third-order valence-corrected chi connectivity index (χ3v) is 3.49. The van der Waals surface area contributed by atoms with E-state index in [2.05, 4.69) is 41.2 Å². The average Bonchev–Trinajstić information content (AvgIpc) is 2.35. The average molecular weight is 311 g/mol. The lowest BCUT2D eigenvalue weighted by atomic mass is 9.88. The second-order valence-electron chi connectivity index (χ2n) is 5.03. The van der Waals surface area contributed by atoms with Gasteiger partial charge in [-0.2, -0.15) is 5.26 Å². The summed E-state index contributed by atoms with van der Waals surface area (Å²) < 4.78 is 6.20. The fourth-order valence-corrected chi connectivity index (χ4v) is 2.00. The van der Waals surface area contributed by atoms with Gasteiger partial charge in [0.2, 0.25) is 0 Å². The number of nitrogens with zero attached hydrogens (tertiary/aromatic N) is 1. The van der Waals surface area contributed by atoms with Gasteiger partial charge < -0.3 is 10.1 Å². The topological polar surface area (TPSA) is 45.0 Å². The van der Waals surface area contributed by atoms with Crippen LogP contribution in [0.25, 0.3) is 0 Å². The van der Waals surface area contributed by atoms with Crippen LogP contribution in [0.5, 0.6) is 5.75 Å². The summed E-state index contributed by atoms with van der Waals surface area (Å²) in [5.41, 5.74) is 1.14. The van der Waals surface area contributed by atoms with Crippen molar-refractivity contribution in [3.05, 3.63) is 22.7 Å². The van der Waals surface area contributed by atoms with Gasteiger partial charge in [-0.15, -0.1) is 0 Å². The van der Waals surface area contributed by atoms with Crippen molar-refractivity contribution in [1.29, 1.82) is 5.26 Å². The SMILES string of the molecule is COc1cc(NCC(C)(C)CCC#N)ccc1Br. The fourth-order valence-electron chi connectivity index (χ4n) is 1.59. The minimum Gasteiger partial charge on any atom is -0.495 e. The molecule has 0 spiro atoms. The molecule has 0 saturated heterocycles. The number of rotatable bonds is 6. The van der Waals surface area contributed by atoms with Gasteiger partial charge in [0.05, 0.1) is 17.7 Å². The van der Waals surface area contributed by atoms with Gasteiger partial charge >= 0.3 is 0 Å². The summed E-state index contributed by atoms with van der Waals surface area (Å²) in [6.45, 7) is 5.15. The third-order valence-electron chi connectivity index (χ3n) is 2.84. The maximum absolute atomic E-state index is 8.62. The van der Waals surface area contributed by atoms with Crippen molar-refractivity contribution >= 4 is 21.6 Å². The van der Waals surface area contributed by atoms with Crippen molar-refractivity contribution in [1.82, 2.24) is 0 Å². The molecule has 0 aliphatic rings. The normalized spacial score (nSPS) is 10.8. The Bertz CT molecular complexity index is 438. The van der Waals surface area contributed by atoms with Crippen LogP contribution >= 0.6 is 15.9 Å². The van der Waals surface area contributed by atoms with Crippen LogP contribution in [-0.4, -0.2) is 13.7 Å². The highest BCUT2D eigenvalue weighted by molar-refractivity contribution is 9.10. The number of nitrogens with one attached hydrogen (secondary N) is 1. The second-order valence-corrected chi connectivity index (χ2v) is 5.88. The van der Waals surface area contributed by atoms with Crippen LogP contribution < -0.4 is 10.1 Å². The summed E-state index contributed by atoms with van der Waals surface area (Å²) in [5, 5.41) is 12.0. The maximum atomic E-state index is 8.62. The van der Waals surface area contributed by atoms with Gasteiger partial charge in [0.1, 0.15) is 5.75 Å². The smallest absolute Gasteiger partial charge is 0.135 e. The van der Waals surface area contributed by atoms with Gasteiger partial charge in [0.15, 0.2) is 0 Å². The Morgan fingerprint density at radius 2 is 2.17 bits per heavy atom. The summed E-state index contributed by atoms with van der Waals surface area (Å²) >= 11 is 3.43. The molecule has 0 saturated carbocycles. The number of hydrogen-bond donors (Lipinski definition) is 1. The Kier molecular flexibility index (Phi) is 5.49. The van der Waals surface area contributed by atoms with Crippen LogP contribution in [0.15, 0.2) is 22.7 Å². The van der Waals surface area contributed by atoms with E-state index >= 15 is 0 Å². The highest BCUT2D eigenvalue weighted by Crippen LogP contribution is 2.29. The summed E-state index contributed by atoms with van der Waals surface area (Å²) in [6, 6.07) is 8.13. The first kappa shape index (κ1) is 14.8. The lowest BCUT2D eigenvalue weighted by molar-refractivity contribution is 0.363. The Labute approximate surface area is 117 Å². The van der Waals surface area contributed by atoms with E-state index < -0.39 is 0 Å². The van der Waals surface area contributed by atoms with Crippen LogP contribution in [0.1, 0.15) is 26.7 Å². The molecule has 4 heteroatoms. The molecule has 3 nitrogen and oxygen atoms in total. The van der Waals surface area contributed by atoms with Gasteiger partial charge in [0.25, 0.3) is 0 Å². The number of nitriles is 1. The molecule has 1 rings (SSSR count). The van der Waals surface area contributed by atoms with Crippen molar-refractivity contribution in [3.63, 3.8) is 0 Å². The van der Waals surface area contributed by atoms with E-state index in [0.29, 0.717) is 6.42 Å². The molecule has 0 atom stereocenters. The van der Waals surface area contributed by atoms with Crippen LogP contribution in [0, 0.1) is 16.7 Å². The zero-order chi connectivity index (χ0) is 13.6. The van der Waals surface area contributed by atoms with E-state index in [0.717, 1.165) is 28.9 Å². The molecular formula is C14H19BrN2O. The Hall–Kier alpha value is -1.21. The highest BCUT2D eigenvalue weighted by atomic mass is 79.9. The lowest BCUT2D eigenvalue weighted by Crippen LogP contribution is -2.22. The van der Waals surface area contributed by atoms with Crippen LogP contribution in [0.2, 0.25) is 0 Å². The molecule has 0 radical (unpaired) electrons. The van der Waals surface area contributed by atoms with E-state index in [1.54, 1.807) is 7.11 Å². The van der Waals surface area contributed by atoms with Gasteiger partial charge in [-0.1, -0.05) is 13.8 Å². The largest absolute Gasteiger partial charge is 0.495 e. The molecule has 0 aromatic heterocycles. The van der Waals surface area contributed by atoms with E-state index in [4.69, 9.17) is 10.00 Å². The number of anilines is 1. The molecule has 1 aromatic carbocycles. The number of halogens is 1. The minimum atomic E-state index is 0.107. The molecule has 98 valence electrons. The van der Waals surface area contributed by atoms with Crippen LogP contribution in [0.3, 0.4) is 0 Å². The number of ether oxygens (including phenoxy) is 1. The molecule has 18 heavy (non-hydrogen) atoms. The lowest BCUT2D eigenvalue weighted by Gasteiger charge is -2.24. The first-order valence-corrected chi connectivity index (χ1v) is 6.72. The molecule has 1 aromatic rings. The second kappa shape index (κ2) is 6.65. The third kappa shape index (κ3) is 4.58. The van der Waals surface area contributed by atoms with Crippen molar-refractivity contribution < 1.29 is 4.74 Å². The number of methoxy groups -OCH3 is 1. The van der Waals surface area contributed by atoms with Gasteiger partial charge in [-0.25, -0.2) is 0 Å². The molecule has 0 fully saturated rings. The van der Waals surface area contributed by atoms with Gasteiger partial charge in [0, 0.05) is 24.7 Å². The molecule has 0 bridgehead atoms. The summed E-state index contributed by atoms with van der Waals surface area (Å²) in [7, 11) is 1.65. The highest BCUT2D eigenvalue weighted by Gasteiger charge is 2.17. The molecule has 1 N–H and O–H groups in total. The summed E-state index contributed by atoms with van der Waals surface area (Å²) in [4.78, 5) is 0. The van der Waals surface area contributed by atoms with E-state index in [-0.39, 0.29) is 5.41 Å². The predicted molar refractivity (Wildman–Crippen MR) is 77.8 cm³/mol. The molecule has 0 amide bonds. The molecule has 0 heterocycles.